The Morgan fingerprint density at radius 2 is 1.77 bits per heavy atom. The molecule has 1 aromatic heterocycles. The third-order valence-electron chi connectivity index (χ3n) is 5.43. The van der Waals surface area contributed by atoms with Gasteiger partial charge in [-0.25, -0.2) is 13.1 Å². The Balaban J connectivity index is 1.94. The molecule has 3 aromatic rings. The molecule has 30 heavy (non-hydrogen) atoms. The lowest BCUT2D eigenvalue weighted by molar-refractivity contribution is -0.123. The van der Waals surface area contributed by atoms with Crippen molar-refractivity contribution in [3.8, 4) is 11.1 Å². The third kappa shape index (κ3) is 3.97. The van der Waals surface area contributed by atoms with Crippen LogP contribution in [0.15, 0.2) is 47.3 Å². The molecule has 0 spiro atoms. The number of nitrogens with zero attached hydrogens (tertiary/aromatic N) is 3. The lowest BCUT2D eigenvalue weighted by Crippen LogP contribution is -2.49. The standard InChI is InChI=1S/C21H24N4O4S/c1-14-5-7-15(8-6-14)16-9-10-17-18(13-16)23-24-25(19(17)26)12-11-21(2,20(27)22-3)30(4,28)29/h5-10,13H,11-12H2,1-4H3,(H,22,27)/t21-/m1/s1. The Hall–Kier alpha value is -3.07. The molecule has 0 saturated carbocycles. The predicted molar refractivity (Wildman–Crippen MR) is 116 cm³/mol. The molecule has 8 nitrogen and oxygen atoms in total. The molecule has 0 aliphatic heterocycles. The molecule has 1 heterocycles. The molecule has 0 aliphatic carbocycles. The van der Waals surface area contributed by atoms with Gasteiger partial charge in [0.25, 0.3) is 5.56 Å². The van der Waals surface area contributed by atoms with E-state index in [0.29, 0.717) is 10.9 Å². The van der Waals surface area contributed by atoms with Crippen LogP contribution in [0, 0.1) is 6.92 Å². The number of hydrogen-bond acceptors (Lipinski definition) is 6. The van der Waals surface area contributed by atoms with Crippen LogP contribution in [0.2, 0.25) is 0 Å². The van der Waals surface area contributed by atoms with Gasteiger partial charge in [-0.3, -0.25) is 9.59 Å². The van der Waals surface area contributed by atoms with E-state index in [1.54, 1.807) is 12.1 Å². The second-order valence-electron chi connectivity index (χ2n) is 7.55. The van der Waals surface area contributed by atoms with Gasteiger partial charge in [0, 0.05) is 19.8 Å². The maximum Gasteiger partial charge on any atom is 0.277 e. The number of sulfone groups is 1. The molecule has 0 fully saturated rings. The van der Waals surface area contributed by atoms with Crippen molar-refractivity contribution in [3.05, 3.63) is 58.4 Å². The van der Waals surface area contributed by atoms with Crippen molar-refractivity contribution in [1.82, 2.24) is 20.3 Å². The van der Waals surface area contributed by atoms with Gasteiger partial charge in [0.05, 0.1) is 5.39 Å². The summed E-state index contributed by atoms with van der Waals surface area (Å²) in [5, 5.41) is 10.8. The highest BCUT2D eigenvalue weighted by atomic mass is 32.2. The summed E-state index contributed by atoms with van der Waals surface area (Å²) in [6.07, 6.45) is 0.900. The summed E-state index contributed by atoms with van der Waals surface area (Å²) in [6, 6.07) is 13.3. The van der Waals surface area contributed by atoms with Gasteiger partial charge in [0.1, 0.15) is 10.3 Å². The van der Waals surface area contributed by atoms with Gasteiger partial charge in [-0.15, -0.1) is 5.10 Å². The fourth-order valence-corrected chi connectivity index (χ4v) is 4.10. The smallest absolute Gasteiger partial charge is 0.277 e. The Labute approximate surface area is 174 Å². The third-order valence-corrected chi connectivity index (χ3v) is 7.46. The number of aromatic nitrogens is 3. The van der Waals surface area contributed by atoms with Crippen LogP contribution < -0.4 is 10.9 Å². The summed E-state index contributed by atoms with van der Waals surface area (Å²) in [4.78, 5) is 25.0. The Morgan fingerprint density at radius 1 is 1.13 bits per heavy atom. The van der Waals surface area contributed by atoms with Crippen LogP contribution in [0.3, 0.4) is 0 Å². The second kappa shape index (κ2) is 7.98. The first-order valence-corrected chi connectivity index (χ1v) is 11.3. The van der Waals surface area contributed by atoms with Crippen LogP contribution >= 0.6 is 0 Å². The average Bonchev–Trinajstić information content (AvgIpc) is 2.72. The lowest BCUT2D eigenvalue weighted by atomic mass is 10.0. The van der Waals surface area contributed by atoms with Crippen molar-refractivity contribution in [2.45, 2.75) is 31.6 Å². The second-order valence-corrected chi connectivity index (χ2v) is 9.99. The van der Waals surface area contributed by atoms with Gasteiger partial charge in [0.2, 0.25) is 5.91 Å². The van der Waals surface area contributed by atoms with Crippen LogP contribution in [0.1, 0.15) is 18.9 Å². The quantitative estimate of drug-likeness (QED) is 0.640. The minimum atomic E-state index is -3.72. The summed E-state index contributed by atoms with van der Waals surface area (Å²) in [7, 11) is -2.34. The summed E-state index contributed by atoms with van der Waals surface area (Å²) < 4.78 is 23.8. The fourth-order valence-electron chi connectivity index (χ4n) is 3.20. The topological polar surface area (TPSA) is 111 Å². The van der Waals surface area contributed by atoms with Crippen LogP contribution in [0.4, 0.5) is 0 Å². The van der Waals surface area contributed by atoms with Gasteiger partial charge in [-0.1, -0.05) is 41.1 Å². The van der Waals surface area contributed by atoms with Crippen LogP contribution in [-0.2, 0) is 21.2 Å². The van der Waals surface area contributed by atoms with E-state index in [1.165, 1.54) is 14.0 Å². The highest BCUT2D eigenvalue weighted by Gasteiger charge is 2.42. The molecular formula is C21H24N4O4S. The fraction of sp³-hybridized carbons (Fsp3) is 0.333. The number of nitrogens with one attached hydrogen (secondary N) is 1. The minimum absolute atomic E-state index is 0.0571. The van der Waals surface area contributed by atoms with Gasteiger partial charge in [0.15, 0.2) is 9.84 Å². The first-order valence-electron chi connectivity index (χ1n) is 9.43. The first kappa shape index (κ1) is 21.6. The zero-order chi connectivity index (χ0) is 22.1. The van der Waals surface area contributed by atoms with Gasteiger partial charge in [-0.2, -0.15) is 0 Å². The first-order chi connectivity index (χ1) is 14.1. The van der Waals surface area contributed by atoms with Crippen LogP contribution in [-0.4, -0.2) is 47.4 Å². The van der Waals surface area contributed by atoms with Crippen molar-refractivity contribution < 1.29 is 13.2 Å². The maximum absolute atomic E-state index is 12.8. The van der Waals surface area contributed by atoms with E-state index in [0.717, 1.165) is 27.6 Å². The van der Waals surface area contributed by atoms with E-state index >= 15 is 0 Å². The number of rotatable bonds is 6. The summed E-state index contributed by atoms with van der Waals surface area (Å²) in [6.45, 7) is 3.30. The summed E-state index contributed by atoms with van der Waals surface area (Å²) in [5.41, 5.74) is 3.14. The molecule has 0 saturated heterocycles. The number of benzene rings is 2. The average molecular weight is 429 g/mol. The Bertz CT molecular complexity index is 1270. The monoisotopic (exact) mass is 428 g/mol. The minimum Gasteiger partial charge on any atom is -0.358 e. The molecule has 158 valence electrons. The highest BCUT2D eigenvalue weighted by Crippen LogP contribution is 2.23. The largest absolute Gasteiger partial charge is 0.358 e. The number of fused-ring (bicyclic) bond motifs is 1. The molecule has 1 amide bonds. The Kier molecular flexibility index (Phi) is 5.76. The van der Waals surface area contributed by atoms with Gasteiger partial charge >= 0.3 is 0 Å². The molecule has 0 aliphatic rings. The molecule has 1 atom stereocenters. The molecule has 0 bridgehead atoms. The van der Waals surface area contributed by atoms with E-state index in [1.807, 2.05) is 37.3 Å². The van der Waals surface area contributed by atoms with E-state index in [-0.39, 0.29) is 18.5 Å². The van der Waals surface area contributed by atoms with Crippen LogP contribution in [0.5, 0.6) is 0 Å². The Morgan fingerprint density at radius 3 is 2.37 bits per heavy atom. The van der Waals surface area contributed by atoms with Crippen molar-refractivity contribution in [2.75, 3.05) is 13.3 Å². The molecule has 1 N–H and O–H groups in total. The normalized spacial score (nSPS) is 13.7. The van der Waals surface area contributed by atoms with Crippen molar-refractivity contribution >= 4 is 26.6 Å². The lowest BCUT2D eigenvalue weighted by Gasteiger charge is -2.25. The molecule has 3 rings (SSSR count). The number of carbonyl (C=O) groups excluding carboxylic acids is 1. The molecule has 2 aromatic carbocycles. The zero-order valence-electron chi connectivity index (χ0n) is 17.3. The SMILES string of the molecule is CNC(=O)[C@@](C)(CCn1nnc2cc(-c3ccc(C)cc3)ccc2c1=O)S(C)(=O)=O. The van der Waals surface area contributed by atoms with E-state index in [2.05, 4.69) is 15.6 Å². The molecule has 9 heteroatoms. The number of hydrogen-bond donors (Lipinski definition) is 1. The molecule has 0 radical (unpaired) electrons. The van der Waals surface area contributed by atoms with E-state index in [4.69, 9.17) is 0 Å². The van der Waals surface area contributed by atoms with Crippen molar-refractivity contribution in [3.63, 3.8) is 0 Å². The van der Waals surface area contributed by atoms with Gasteiger partial charge in [-0.05, 0) is 43.5 Å². The van der Waals surface area contributed by atoms with Gasteiger partial charge < -0.3 is 5.32 Å². The maximum atomic E-state index is 12.8. The summed E-state index contributed by atoms with van der Waals surface area (Å²) in [5.74, 6) is -0.630. The highest BCUT2D eigenvalue weighted by molar-refractivity contribution is 7.92. The number of carbonyl (C=O) groups is 1. The van der Waals surface area contributed by atoms with E-state index < -0.39 is 20.5 Å². The van der Waals surface area contributed by atoms with Crippen molar-refractivity contribution in [2.24, 2.45) is 0 Å². The van der Waals surface area contributed by atoms with E-state index in [9.17, 15) is 18.0 Å². The summed E-state index contributed by atoms with van der Waals surface area (Å²) >= 11 is 0. The number of amides is 1. The molecular weight excluding hydrogens is 404 g/mol. The number of aryl methyl sites for hydroxylation is 2. The van der Waals surface area contributed by atoms with Crippen LogP contribution in [0.25, 0.3) is 22.0 Å². The van der Waals surface area contributed by atoms with Crippen molar-refractivity contribution in [1.29, 1.82) is 0 Å². The molecule has 0 unspecified atom stereocenters. The zero-order valence-corrected chi connectivity index (χ0v) is 18.2. The predicted octanol–water partition coefficient (Wildman–Crippen LogP) is 1.71.